The first-order valence-corrected chi connectivity index (χ1v) is 4.76. The van der Waals surface area contributed by atoms with Gasteiger partial charge >= 0.3 is 5.97 Å². The Morgan fingerprint density at radius 2 is 2.07 bits per heavy atom. The van der Waals surface area contributed by atoms with Gasteiger partial charge in [0.25, 0.3) is 0 Å². The third kappa shape index (κ3) is 1.66. The Labute approximate surface area is 91.3 Å². The number of carboxylic acids is 1. The van der Waals surface area contributed by atoms with Gasteiger partial charge in [0.15, 0.2) is 0 Å². The van der Waals surface area contributed by atoms with Crippen molar-refractivity contribution in [3.8, 4) is 0 Å². The maximum absolute atomic E-state index is 10.9. The summed E-state index contributed by atoms with van der Waals surface area (Å²) in [5, 5.41) is 10.0. The zero-order valence-electron chi connectivity index (χ0n) is 7.99. The Hall–Kier alpha value is -1.61. The van der Waals surface area contributed by atoms with Crippen molar-refractivity contribution in [3.05, 3.63) is 40.5 Å². The second-order valence-corrected chi connectivity index (χ2v) is 3.66. The van der Waals surface area contributed by atoms with Crippen LogP contribution in [0.2, 0.25) is 5.02 Å². The second-order valence-electron chi connectivity index (χ2n) is 3.25. The lowest BCUT2D eigenvalue weighted by molar-refractivity contribution is 0.0699. The van der Waals surface area contributed by atoms with Gasteiger partial charge in [-0.15, -0.1) is 0 Å². The van der Waals surface area contributed by atoms with Crippen LogP contribution in [-0.4, -0.2) is 16.1 Å². The summed E-state index contributed by atoms with van der Waals surface area (Å²) >= 11 is 5.95. The lowest BCUT2D eigenvalue weighted by atomic mass is 10.1. The van der Waals surface area contributed by atoms with Crippen LogP contribution in [0.3, 0.4) is 0 Å². The van der Waals surface area contributed by atoms with Crippen molar-refractivity contribution < 1.29 is 9.90 Å². The normalized spacial score (nSPS) is 10.5. The van der Waals surface area contributed by atoms with Crippen molar-refractivity contribution >= 4 is 28.5 Å². The number of nitrogens with zero attached hydrogens (tertiary/aromatic N) is 1. The molecule has 0 atom stereocenters. The molecule has 0 aliphatic rings. The molecule has 0 aliphatic carbocycles. The molecule has 3 nitrogen and oxygen atoms in total. The fourth-order valence-corrected chi connectivity index (χ4v) is 1.67. The highest BCUT2D eigenvalue weighted by Crippen LogP contribution is 2.25. The predicted octanol–water partition coefficient (Wildman–Crippen LogP) is 2.89. The summed E-state index contributed by atoms with van der Waals surface area (Å²) in [7, 11) is 0. The monoisotopic (exact) mass is 221 g/mol. The molecule has 0 bridgehead atoms. The van der Waals surface area contributed by atoms with Gasteiger partial charge in [0.05, 0.1) is 16.1 Å². The van der Waals surface area contributed by atoms with Crippen molar-refractivity contribution in [2.24, 2.45) is 0 Å². The number of aromatic carboxylic acids is 1. The van der Waals surface area contributed by atoms with Crippen molar-refractivity contribution in [1.29, 1.82) is 0 Å². The molecule has 0 saturated heterocycles. The van der Waals surface area contributed by atoms with Gasteiger partial charge in [0.2, 0.25) is 0 Å². The van der Waals surface area contributed by atoms with E-state index in [2.05, 4.69) is 4.98 Å². The van der Waals surface area contributed by atoms with Crippen LogP contribution in [0.25, 0.3) is 10.9 Å². The summed E-state index contributed by atoms with van der Waals surface area (Å²) in [5.41, 5.74) is 1.57. The molecule has 1 aromatic heterocycles. The van der Waals surface area contributed by atoms with Gasteiger partial charge in [-0.05, 0) is 25.1 Å². The number of carboxylic acid groups (broad SMARTS) is 1. The number of aryl methyl sites for hydroxylation is 1. The molecule has 0 aliphatic heterocycles. The fourth-order valence-electron chi connectivity index (χ4n) is 1.47. The van der Waals surface area contributed by atoms with E-state index in [1.807, 2.05) is 6.92 Å². The number of hydrogen-bond acceptors (Lipinski definition) is 2. The lowest BCUT2D eigenvalue weighted by Crippen LogP contribution is -1.98. The Kier molecular flexibility index (Phi) is 2.32. The van der Waals surface area contributed by atoms with Crippen LogP contribution in [0, 0.1) is 6.92 Å². The molecular weight excluding hydrogens is 214 g/mol. The van der Waals surface area contributed by atoms with Crippen LogP contribution in [0.4, 0.5) is 0 Å². The van der Waals surface area contributed by atoms with E-state index in [4.69, 9.17) is 16.7 Å². The van der Waals surface area contributed by atoms with Gasteiger partial charge in [-0.2, -0.15) is 0 Å². The number of hydrogen-bond donors (Lipinski definition) is 1. The van der Waals surface area contributed by atoms with E-state index < -0.39 is 5.97 Å². The fraction of sp³-hybridized carbons (Fsp3) is 0.0909. The number of pyridine rings is 1. The molecule has 0 amide bonds. The molecule has 2 aromatic rings. The third-order valence-electron chi connectivity index (χ3n) is 2.18. The van der Waals surface area contributed by atoms with E-state index >= 15 is 0 Å². The Bertz CT molecular complexity index is 552. The minimum Gasteiger partial charge on any atom is -0.478 e. The number of halogens is 1. The molecule has 0 spiro atoms. The molecule has 1 N–H and O–H groups in total. The van der Waals surface area contributed by atoms with E-state index in [-0.39, 0.29) is 5.56 Å². The van der Waals surface area contributed by atoms with E-state index in [1.54, 1.807) is 18.2 Å². The molecule has 4 heteroatoms. The summed E-state index contributed by atoms with van der Waals surface area (Å²) in [6.07, 6.45) is 0. The molecule has 15 heavy (non-hydrogen) atoms. The number of carbonyl (C=O) groups is 1. The zero-order valence-corrected chi connectivity index (χ0v) is 8.75. The van der Waals surface area contributed by atoms with Crippen LogP contribution in [-0.2, 0) is 0 Å². The number of aromatic nitrogens is 1. The van der Waals surface area contributed by atoms with Gasteiger partial charge in [-0.3, -0.25) is 4.98 Å². The van der Waals surface area contributed by atoms with Crippen molar-refractivity contribution in [1.82, 2.24) is 4.98 Å². The molecule has 0 fully saturated rings. The highest BCUT2D eigenvalue weighted by Gasteiger charge is 2.11. The Morgan fingerprint density at radius 3 is 2.73 bits per heavy atom. The van der Waals surface area contributed by atoms with Crippen LogP contribution < -0.4 is 0 Å². The maximum Gasteiger partial charge on any atom is 0.336 e. The van der Waals surface area contributed by atoms with Gasteiger partial charge in [-0.25, -0.2) is 4.79 Å². The highest BCUT2D eigenvalue weighted by molar-refractivity contribution is 6.35. The van der Waals surface area contributed by atoms with E-state index in [9.17, 15) is 4.79 Å². The quantitative estimate of drug-likeness (QED) is 0.806. The summed E-state index contributed by atoms with van der Waals surface area (Å²) < 4.78 is 0. The molecule has 76 valence electrons. The smallest absolute Gasteiger partial charge is 0.336 e. The summed E-state index contributed by atoms with van der Waals surface area (Å²) in [6, 6.07) is 6.54. The van der Waals surface area contributed by atoms with Gasteiger partial charge in [0.1, 0.15) is 0 Å². The average Bonchev–Trinajstić information content (AvgIpc) is 2.19. The number of fused-ring (bicyclic) bond motifs is 1. The highest BCUT2D eigenvalue weighted by atomic mass is 35.5. The van der Waals surface area contributed by atoms with Crippen molar-refractivity contribution in [2.75, 3.05) is 0 Å². The second kappa shape index (κ2) is 3.51. The average molecular weight is 222 g/mol. The molecule has 0 saturated carbocycles. The molecule has 0 radical (unpaired) electrons. The summed E-state index contributed by atoms with van der Waals surface area (Å²) in [6.45, 7) is 1.84. The maximum atomic E-state index is 10.9. The topological polar surface area (TPSA) is 50.2 Å². The minimum atomic E-state index is -0.970. The first kappa shape index (κ1) is 9.93. The SMILES string of the molecule is Cc1ccc2c(C(=O)O)ccc(Cl)c2n1. The number of benzene rings is 1. The van der Waals surface area contributed by atoms with Crippen molar-refractivity contribution in [3.63, 3.8) is 0 Å². The standard InChI is InChI=1S/C11H8ClNO2/c1-6-2-3-7-8(11(14)15)4-5-9(12)10(7)13-6/h2-5H,1H3,(H,14,15). The van der Waals surface area contributed by atoms with Crippen LogP contribution in [0.5, 0.6) is 0 Å². The Balaban J connectivity index is 2.88. The lowest BCUT2D eigenvalue weighted by Gasteiger charge is -2.04. The molecule has 1 aromatic carbocycles. The largest absolute Gasteiger partial charge is 0.478 e. The number of rotatable bonds is 1. The van der Waals surface area contributed by atoms with Gasteiger partial charge in [-0.1, -0.05) is 17.7 Å². The molecule has 1 heterocycles. The van der Waals surface area contributed by atoms with Crippen LogP contribution in [0.15, 0.2) is 24.3 Å². The predicted molar refractivity (Wildman–Crippen MR) is 58.4 cm³/mol. The van der Waals surface area contributed by atoms with E-state index in [0.29, 0.717) is 15.9 Å². The van der Waals surface area contributed by atoms with Crippen molar-refractivity contribution in [2.45, 2.75) is 6.92 Å². The third-order valence-corrected chi connectivity index (χ3v) is 2.48. The molecule has 0 unspecified atom stereocenters. The van der Waals surface area contributed by atoms with Crippen LogP contribution >= 0.6 is 11.6 Å². The van der Waals surface area contributed by atoms with Gasteiger partial charge < -0.3 is 5.11 Å². The minimum absolute atomic E-state index is 0.224. The van der Waals surface area contributed by atoms with E-state index in [1.165, 1.54) is 6.07 Å². The zero-order chi connectivity index (χ0) is 11.0. The molecular formula is C11H8ClNO2. The summed E-state index contributed by atoms with van der Waals surface area (Å²) in [4.78, 5) is 15.2. The first-order chi connectivity index (χ1) is 7.09. The molecule has 2 rings (SSSR count). The Morgan fingerprint density at radius 1 is 1.33 bits per heavy atom. The van der Waals surface area contributed by atoms with E-state index in [0.717, 1.165) is 5.69 Å². The van der Waals surface area contributed by atoms with Gasteiger partial charge in [0, 0.05) is 11.1 Å². The first-order valence-electron chi connectivity index (χ1n) is 4.39. The summed E-state index contributed by atoms with van der Waals surface area (Å²) in [5.74, 6) is -0.970. The van der Waals surface area contributed by atoms with Crippen LogP contribution in [0.1, 0.15) is 16.1 Å².